The van der Waals surface area contributed by atoms with Crippen LogP contribution in [0.3, 0.4) is 0 Å². The molecule has 1 atom stereocenters. The van der Waals surface area contributed by atoms with Crippen LogP contribution in [-0.4, -0.2) is 22.9 Å². The number of nitrogens with zero attached hydrogens (tertiary/aromatic N) is 1. The molecule has 0 saturated heterocycles. The zero-order valence-corrected chi connectivity index (χ0v) is 17.0. The molecule has 3 rings (SSSR count). The van der Waals surface area contributed by atoms with Gasteiger partial charge in [-0.15, -0.1) is 0 Å². The molecule has 0 radical (unpaired) electrons. The topological polar surface area (TPSA) is 46.3 Å². The van der Waals surface area contributed by atoms with E-state index in [0.717, 1.165) is 49.9 Å². The first-order valence-corrected chi connectivity index (χ1v) is 10.5. The molecule has 0 fully saturated rings. The first-order valence-electron chi connectivity index (χ1n) is 9.55. The molecule has 140 valence electrons. The predicted octanol–water partition coefficient (Wildman–Crippen LogP) is 4.84. The summed E-state index contributed by atoms with van der Waals surface area (Å²) in [5.74, 6) is 0.163. The first kappa shape index (κ1) is 19.1. The maximum atomic E-state index is 12.7. The lowest BCUT2D eigenvalue weighted by Crippen LogP contribution is -2.40. The molecule has 1 aromatic heterocycles. The Hall–Kier alpha value is -1.65. The lowest BCUT2D eigenvalue weighted by Gasteiger charge is -2.27. The Kier molecular flexibility index (Phi) is 5.83. The van der Waals surface area contributed by atoms with E-state index in [1.54, 1.807) is 11.3 Å². The van der Waals surface area contributed by atoms with E-state index in [0.29, 0.717) is 0 Å². The van der Waals surface area contributed by atoms with Crippen LogP contribution in [-0.2, 0) is 13.0 Å². The Morgan fingerprint density at radius 2 is 1.96 bits per heavy atom. The highest BCUT2D eigenvalue weighted by atomic mass is 32.1. The van der Waals surface area contributed by atoms with Crippen LogP contribution in [0.15, 0.2) is 29.0 Å². The third-order valence-electron chi connectivity index (χ3n) is 5.59. The molecule has 0 aliphatic carbocycles. The fourth-order valence-corrected chi connectivity index (χ4v) is 4.35. The van der Waals surface area contributed by atoms with Gasteiger partial charge in [0.1, 0.15) is 0 Å². The zero-order chi connectivity index (χ0) is 18.7. The van der Waals surface area contributed by atoms with Gasteiger partial charge >= 0.3 is 0 Å². The van der Waals surface area contributed by atoms with Gasteiger partial charge in [0.2, 0.25) is 0 Å². The normalized spacial score (nSPS) is 16.0. The van der Waals surface area contributed by atoms with E-state index < -0.39 is 0 Å². The highest BCUT2D eigenvalue weighted by Gasteiger charge is 2.29. The molecule has 0 saturated carbocycles. The van der Waals surface area contributed by atoms with Gasteiger partial charge in [0.05, 0.1) is 0 Å². The first-order chi connectivity index (χ1) is 12.4. The molecule has 1 aliphatic rings. The number of aryl methyl sites for hydroxylation is 3. The van der Waals surface area contributed by atoms with Crippen molar-refractivity contribution in [3.63, 3.8) is 0 Å². The van der Waals surface area contributed by atoms with E-state index in [9.17, 15) is 4.79 Å². The molecule has 1 amide bonds. The molecule has 1 unspecified atom stereocenters. The smallest absolute Gasteiger partial charge is 0.254 e. The fraction of sp³-hybridized carbons (Fsp3) is 0.500. The number of carbonyl (C=O) groups excluding carboxylic acids is 1. The Morgan fingerprint density at radius 3 is 2.69 bits per heavy atom. The molecule has 2 heterocycles. The van der Waals surface area contributed by atoms with Gasteiger partial charge in [0.25, 0.3) is 5.91 Å². The minimum atomic E-state index is -0.213. The molecule has 4 heteroatoms. The van der Waals surface area contributed by atoms with Crippen molar-refractivity contribution in [1.29, 1.82) is 0 Å². The number of amides is 1. The number of benzene rings is 1. The van der Waals surface area contributed by atoms with Crippen molar-refractivity contribution in [3.05, 3.63) is 56.8 Å². The average Bonchev–Trinajstić information content (AvgIpc) is 3.20. The molecule has 1 aromatic carbocycles. The molecule has 1 aliphatic heterocycles. The van der Waals surface area contributed by atoms with Crippen LogP contribution in [0.4, 0.5) is 0 Å². The molecule has 3 nitrogen and oxygen atoms in total. The van der Waals surface area contributed by atoms with Gasteiger partial charge in [0.15, 0.2) is 0 Å². The van der Waals surface area contributed by atoms with Crippen molar-refractivity contribution >= 4 is 17.2 Å². The fourth-order valence-electron chi connectivity index (χ4n) is 3.64. The van der Waals surface area contributed by atoms with Crippen LogP contribution in [0.5, 0.6) is 0 Å². The number of thiophene rings is 1. The highest BCUT2D eigenvalue weighted by molar-refractivity contribution is 7.07. The van der Waals surface area contributed by atoms with Gasteiger partial charge < -0.3 is 10.6 Å². The summed E-state index contributed by atoms with van der Waals surface area (Å²) in [4.78, 5) is 14.6. The van der Waals surface area contributed by atoms with E-state index in [-0.39, 0.29) is 11.4 Å². The van der Waals surface area contributed by atoms with Crippen molar-refractivity contribution in [2.24, 2.45) is 5.73 Å². The zero-order valence-electron chi connectivity index (χ0n) is 16.2. The second-order valence-electron chi connectivity index (χ2n) is 8.06. The summed E-state index contributed by atoms with van der Waals surface area (Å²) in [5.41, 5.74) is 12.2. The highest BCUT2D eigenvalue weighted by Crippen LogP contribution is 2.27. The van der Waals surface area contributed by atoms with Crippen LogP contribution >= 0.6 is 11.3 Å². The summed E-state index contributed by atoms with van der Waals surface area (Å²) >= 11 is 1.76. The third-order valence-corrected chi connectivity index (χ3v) is 6.33. The summed E-state index contributed by atoms with van der Waals surface area (Å²) in [6.45, 7) is 7.76. The van der Waals surface area contributed by atoms with Crippen LogP contribution < -0.4 is 5.73 Å². The number of nitrogens with two attached hydrogens (primary N) is 1. The van der Waals surface area contributed by atoms with Gasteiger partial charge in [-0.05, 0) is 91.6 Å². The Labute approximate surface area is 161 Å². The Balaban J connectivity index is 1.46. The largest absolute Gasteiger partial charge is 0.334 e. The minimum absolute atomic E-state index is 0.163. The van der Waals surface area contributed by atoms with Gasteiger partial charge in [-0.3, -0.25) is 4.79 Å². The van der Waals surface area contributed by atoms with E-state index in [1.807, 2.05) is 11.0 Å². The lowest BCUT2D eigenvalue weighted by molar-refractivity contribution is 0.0766. The molecule has 0 spiro atoms. The monoisotopic (exact) mass is 370 g/mol. The molecular weight excluding hydrogens is 340 g/mol. The van der Waals surface area contributed by atoms with E-state index in [2.05, 4.69) is 43.7 Å². The van der Waals surface area contributed by atoms with E-state index >= 15 is 0 Å². The second kappa shape index (κ2) is 7.93. The van der Waals surface area contributed by atoms with Gasteiger partial charge in [-0.1, -0.05) is 12.5 Å². The Morgan fingerprint density at radius 1 is 1.19 bits per heavy atom. The van der Waals surface area contributed by atoms with Crippen LogP contribution in [0.2, 0.25) is 0 Å². The number of unbranched alkanes of at least 4 members (excludes halogenated alkanes) is 1. The van der Waals surface area contributed by atoms with Crippen molar-refractivity contribution in [1.82, 2.24) is 4.90 Å². The Bertz CT molecular complexity index is 765. The summed E-state index contributed by atoms with van der Waals surface area (Å²) in [7, 11) is 0. The number of fused-ring (bicyclic) bond motifs is 1. The van der Waals surface area contributed by atoms with Crippen molar-refractivity contribution < 1.29 is 4.79 Å². The van der Waals surface area contributed by atoms with Crippen LogP contribution in [0.25, 0.3) is 0 Å². The van der Waals surface area contributed by atoms with Crippen molar-refractivity contribution in [2.75, 3.05) is 6.54 Å². The number of carbonyl (C=O) groups is 1. The number of hydrogen-bond donors (Lipinski definition) is 1. The summed E-state index contributed by atoms with van der Waals surface area (Å²) in [5, 5.41) is 4.36. The molecular formula is C22H30N2OS. The molecule has 2 aromatic rings. The average molecular weight is 371 g/mol. The SMILES string of the molecule is Cc1cc2c(cc1C)C(=O)N(CCC(C)(N)CCCCc1ccsc1)C2. The van der Waals surface area contributed by atoms with Crippen molar-refractivity contribution in [3.8, 4) is 0 Å². The van der Waals surface area contributed by atoms with Crippen LogP contribution in [0, 0.1) is 13.8 Å². The van der Waals surface area contributed by atoms with E-state index in [1.165, 1.54) is 23.1 Å². The second-order valence-corrected chi connectivity index (χ2v) is 8.84. The van der Waals surface area contributed by atoms with Gasteiger partial charge in [-0.25, -0.2) is 0 Å². The van der Waals surface area contributed by atoms with E-state index in [4.69, 9.17) is 5.73 Å². The van der Waals surface area contributed by atoms with Gasteiger partial charge in [-0.2, -0.15) is 11.3 Å². The summed E-state index contributed by atoms with van der Waals surface area (Å²) in [6.07, 6.45) is 5.30. The minimum Gasteiger partial charge on any atom is -0.334 e. The third kappa shape index (κ3) is 4.54. The summed E-state index contributed by atoms with van der Waals surface area (Å²) in [6, 6.07) is 6.40. The number of hydrogen-bond acceptors (Lipinski definition) is 3. The molecule has 26 heavy (non-hydrogen) atoms. The quantitative estimate of drug-likeness (QED) is 0.676. The molecule has 2 N–H and O–H groups in total. The van der Waals surface area contributed by atoms with Crippen LogP contribution in [0.1, 0.15) is 65.2 Å². The van der Waals surface area contributed by atoms with Crippen molar-refractivity contribution in [2.45, 2.75) is 65.0 Å². The molecule has 0 bridgehead atoms. The maximum Gasteiger partial charge on any atom is 0.254 e. The maximum absolute atomic E-state index is 12.7. The number of rotatable bonds is 8. The standard InChI is InChI=1S/C22H30N2OS/c1-16-12-19-14-24(21(25)20(19)13-17(16)2)10-9-22(3,23)8-5-4-6-18-7-11-26-15-18/h7,11-13,15H,4-6,8-10,14,23H2,1-3H3. The predicted molar refractivity (Wildman–Crippen MR) is 110 cm³/mol. The van der Waals surface area contributed by atoms with Gasteiger partial charge in [0, 0.05) is 24.2 Å². The lowest BCUT2D eigenvalue weighted by atomic mass is 9.91. The summed E-state index contributed by atoms with van der Waals surface area (Å²) < 4.78 is 0.